The topological polar surface area (TPSA) is 53.4 Å². The minimum atomic E-state index is -0.724. The predicted octanol–water partition coefficient (Wildman–Crippen LogP) is 1.17. The van der Waals surface area contributed by atoms with Crippen LogP contribution in [0.3, 0.4) is 0 Å². The van der Waals surface area contributed by atoms with Gasteiger partial charge in [0, 0.05) is 30.9 Å². The second-order valence-corrected chi connectivity index (χ2v) is 5.39. The zero-order chi connectivity index (χ0) is 12.7. The lowest BCUT2D eigenvalue weighted by molar-refractivity contribution is -0.134. The Morgan fingerprint density at radius 1 is 1.50 bits per heavy atom. The molecule has 3 rings (SSSR count). The highest BCUT2D eigenvalue weighted by molar-refractivity contribution is 5.84. The van der Waals surface area contributed by atoms with E-state index in [9.17, 15) is 9.90 Å². The lowest BCUT2D eigenvalue weighted by atomic mass is 9.82. The first kappa shape index (κ1) is 11.8. The van der Waals surface area contributed by atoms with Gasteiger partial charge < -0.3 is 5.11 Å². The summed E-state index contributed by atoms with van der Waals surface area (Å²) in [6, 6.07) is 4.21. The molecule has 1 N–H and O–H groups in total. The van der Waals surface area contributed by atoms with Gasteiger partial charge in [0.05, 0.1) is 12.0 Å². The highest BCUT2D eigenvalue weighted by atomic mass is 16.3. The fourth-order valence-corrected chi connectivity index (χ4v) is 3.45. The number of aromatic nitrogens is 1. The number of pyridine rings is 1. The Kier molecular flexibility index (Phi) is 2.92. The highest BCUT2D eigenvalue weighted by Gasteiger charge is 2.47. The highest BCUT2D eigenvalue weighted by Crippen LogP contribution is 2.41. The molecule has 0 aliphatic carbocycles. The zero-order valence-electron chi connectivity index (χ0n) is 10.5. The summed E-state index contributed by atoms with van der Waals surface area (Å²) >= 11 is 0. The molecule has 18 heavy (non-hydrogen) atoms. The largest absolute Gasteiger partial charge is 0.388 e. The first-order valence-electron chi connectivity index (χ1n) is 6.51. The van der Waals surface area contributed by atoms with Gasteiger partial charge >= 0.3 is 0 Å². The fourth-order valence-electron chi connectivity index (χ4n) is 3.45. The van der Waals surface area contributed by atoms with Crippen LogP contribution in [0.4, 0.5) is 0 Å². The van der Waals surface area contributed by atoms with E-state index in [1.165, 1.54) is 0 Å². The van der Waals surface area contributed by atoms with E-state index in [1.807, 2.05) is 6.07 Å². The monoisotopic (exact) mass is 246 g/mol. The Labute approximate surface area is 107 Å². The molecular weight excluding hydrogens is 228 g/mol. The number of hydrogen-bond acceptors (Lipinski definition) is 4. The summed E-state index contributed by atoms with van der Waals surface area (Å²) in [7, 11) is 2.07. The third kappa shape index (κ3) is 1.76. The van der Waals surface area contributed by atoms with E-state index in [-0.39, 0.29) is 17.7 Å². The van der Waals surface area contributed by atoms with Gasteiger partial charge in [0.2, 0.25) is 0 Å². The molecule has 96 valence electrons. The lowest BCUT2D eigenvalue weighted by Gasteiger charge is -2.38. The van der Waals surface area contributed by atoms with Crippen LogP contribution in [-0.2, 0) is 4.79 Å². The van der Waals surface area contributed by atoms with Gasteiger partial charge in [-0.2, -0.15) is 0 Å². The maximum atomic E-state index is 12.2. The molecule has 4 nitrogen and oxygen atoms in total. The third-order valence-corrected chi connectivity index (χ3v) is 4.48. The Morgan fingerprint density at radius 2 is 2.33 bits per heavy atom. The lowest BCUT2D eigenvalue weighted by Crippen LogP contribution is -2.49. The standard InChI is InChI=1S/C14H18N2O2/c1-16-10-4-5-11(16)13(12(17)7-10)14(18)9-3-2-6-15-8-9/h2-3,6,8,10-11,13-14,18H,4-5,7H2,1H3/t10-,11+,13+,14+/m0/s1. The number of fused-ring (bicyclic) bond motifs is 2. The smallest absolute Gasteiger partial charge is 0.142 e. The van der Waals surface area contributed by atoms with E-state index in [2.05, 4.69) is 16.9 Å². The van der Waals surface area contributed by atoms with E-state index < -0.39 is 6.10 Å². The zero-order valence-corrected chi connectivity index (χ0v) is 10.5. The molecule has 0 unspecified atom stereocenters. The van der Waals surface area contributed by atoms with Gasteiger partial charge in [-0.1, -0.05) is 6.07 Å². The van der Waals surface area contributed by atoms with Crippen molar-refractivity contribution in [1.29, 1.82) is 0 Å². The molecule has 1 aromatic heterocycles. The number of piperidine rings is 1. The van der Waals surface area contributed by atoms with Crippen molar-refractivity contribution >= 4 is 5.78 Å². The number of Topliss-reactive ketones (excluding diaryl/α,β-unsaturated/α-hetero) is 1. The molecule has 2 aliphatic rings. The number of aliphatic hydroxyl groups excluding tert-OH is 1. The quantitative estimate of drug-likeness (QED) is 0.851. The Hall–Kier alpha value is -1.26. The minimum Gasteiger partial charge on any atom is -0.388 e. The van der Waals surface area contributed by atoms with Gasteiger partial charge in [-0.25, -0.2) is 0 Å². The van der Waals surface area contributed by atoms with Gasteiger partial charge in [-0.05, 0) is 31.5 Å². The normalized spacial score (nSPS) is 33.7. The number of carbonyl (C=O) groups excluding carboxylic acids is 1. The van der Waals surface area contributed by atoms with Crippen molar-refractivity contribution in [2.75, 3.05) is 7.05 Å². The van der Waals surface area contributed by atoms with E-state index in [0.717, 1.165) is 18.4 Å². The maximum Gasteiger partial charge on any atom is 0.142 e. The Morgan fingerprint density at radius 3 is 3.06 bits per heavy atom. The first-order chi connectivity index (χ1) is 8.68. The third-order valence-electron chi connectivity index (χ3n) is 4.48. The number of ketones is 1. The minimum absolute atomic E-state index is 0.187. The first-order valence-corrected chi connectivity index (χ1v) is 6.51. The molecule has 4 atom stereocenters. The van der Waals surface area contributed by atoms with Crippen molar-refractivity contribution in [3.63, 3.8) is 0 Å². The van der Waals surface area contributed by atoms with Crippen molar-refractivity contribution in [3.8, 4) is 0 Å². The van der Waals surface area contributed by atoms with Crippen LogP contribution in [0, 0.1) is 5.92 Å². The number of rotatable bonds is 2. The van der Waals surface area contributed by atoms with Crippen LogP contribution in [0.15, 0.2) is 24.5 Å². The predicted molar refractivity (Wildman–Crippen MR) is 66.9 cm³/mol. The average Bonchev–Trinajstić information content (AvgIpc) is 2.63. The molecule has 0 amide bonds. The molecule has 2 aliphatic heterocycles. The molecule has 1 aromatic rings. The van der Waals surface area contributed by atoms with Crippen molar-refractivity contribution in [2.45, 2.75) is 37.5 Å². The molecular formula is C14H18N2O2. The molecule has 2 bridgehead atoms. The molecule has 0 spiro atoms. The second kappa shape index (κ2) is 4.44. The van der Waals surface area contributed by atoms with Crippen LogP contribution >= 0.6 is 0 Å². The summed E-state index contributed by atoms with van der Waals surface area (Å²) in [5.41, 5.74) is 0.745. The average molecular weight is 246 g/mol. The number of carbonyl (C=O) groups is 1. The maximum absolute atomic E-state index is 12.2. The van der Waals surface area contributed by atoms with Gasteiger partial charge in [0.25, 0.3) is 0 Å². The van der Waals surface area contributed by atoms with E-state index >= 15 is 0 Å². The van der Waals surface area contributed by atoms with Gasteiger partial charge in [0.1, 0.15) is 5.78 Å². The molecule has 2 saturated heterocycles. The molecule has 3 heterocycles. The Bertz CT molecular complexity index is 448. The van der Waals surface area contributed by atoms with E-state index in [1.54, 1.807) is 18.5 Å². The molecule has 4 heteroatoms. The van der Waals surface area contributed by atoms with Crippen LogP contribution < -0.4 is 0 Å². The van der Waals surface area contributed by atoms with E-state index in [0.29, 0.717) is 12.5 Å². The Balaban J connectivity index is 1.89. The van der Waals surface area contributed by atoms with Crippen molar-refractivity contribution in [1.82, 2.24) is 9.88 Å². The van der Waals surface area contributed by atoms with Crippen molar-refractivity contribution < 1.29 is 9.90 Å². The SMILES string of the molecule is CN1[C@H]2CC[C@@H]1[C@@H]([C@H](O)c1cccnc1)C(=O)C2. The van der Waals surface area contributed by atoms with Crippen LogP contribution in [0.2, 0.25) is 0 Å². The number of nitrogens with zero attached hydrogens (tertiary/aromatic N) is 2. The van der Waals surface area contributed by atoms with E-state index in [4.69, 9.17) is 0 Å². The van der Waals surface area contributed by atoms with Crippen LogP contribution in [0.5, 0.6) is 0 Å². The fraction of sp³-hybridized carbons (Fsp3) is 0.571. The van der Waals surface area contributed by atoms with Crippen molar-refractivity contribution in [2.24, 2.45) is 5.92 Å². The van der Waals surface area contributed by atoms with Crippen LogP contribution in [0.25, 0.3) is 0 Å². The van der Waals surface area contributed by atoms with Gasteiger partial charge in [0.15, 0.2) is 0 Å². The number of aliphatic hydroxyl groups is 1. The molecule has 0 saturated carbocycles. The summed E-state index contributed by atoms with van der Waals surface area (Å²) < 4.78 is 0. The van der Waals surface area contributed by atoms with Crippen LogP contribution in [0.1, 0.15) is 30.9 Å². The summed E-state index contributed by atoms with van der Waals surface area (Å²) in [5.74, 6) is -0.0881. The van der Waals surface area contributed by atoms with Gasteiger partial charge in [-0.3, -0.25) is 14.7 Å². The van der Waals surface area contributed by atoms with Crippen molar-refractivity contribution in [3.05, 3.63) is 30.1 Å². The summed E-state index contributed by atoms with van der Waals surface area (Å²) in [4.78, 5) is 18.5. The summed E-state index contributed by atoms with van der Waals surface area (Å²) in [6.07, 6.45) is 5.26. The van der Waals surface area contributed by atoms with Gasteiger partial charge in [-0.15, -0.1) is 0 Å². The number of hydrogen-bond donors (Lipinski definition) is 1. The second-order valence-electron chi connectivity index (χ2n) is 5.39. The summed E-state index contributed by atoms with van der Waals surface area (Å²) in [6.45, 7) is 0. The molecule has 0 aromatic carbocycles. The molecule has 0 radical (unpaired) electrons. The molecule has 2 fully saturated rings. The summed E-state index contributed by atoms with van der Waals surface area (Å²) in [5, 5.41) is 10.5. The van der Waals surface area contributed by atoms with Crippen LogP contribution in [-0.4, -0.2) is 39.9 Å².